The molecule has 0 radical (unpaired) electrons. The van der Waals surface area contributed by atoms with Gasteiger partial charge in [-0.1, -0.05) is 93.8 Å². The molecular formula is C39H35BrN2O6S4. The molecule has 7 rings (SSSR count). The van der Waals surface area contributed by atoms with E-state index in [4.69, 9.17) is 0 Å². The average molecular weight is 836 g/mol. The summed E-state index contributed by atoms with van der Waals surface area (Å²) in [6.07, 6.45) is 0. The number of nitrogens with zero attached hydrogens (tertiary/aromatic N) is 2. The molecule has 0 unspecified atom stereocenters. The molecule has 6 aromatic rings. The molecule has 52 heavy (non-hydrogen) atoms. The third kappa shape index (κ3) is 7.33. The van der Waals surface area contributed by atoms with E-state index in [9.17, 15) is 26.7 Å². The molecule has 0 saturated heterocycles. The van der Waals surface area contributed by atoms with Crippen LogP contribution in [0.25, 0.3) is 10.4 Å². The van der Waals surface area contributed by atoms with Crippen LogP contribution in [-0.4, -0.2) is 27.9 Å². The number of anilines is 2. The van der Waals surface area contributed by atoms with E-state index in [1.807, 2.05) is 80.7 Å². The third-order valence-corrected chi connectivity index (χ3v) is 15.1. The molecule has 0 atom stereocenters. The van der Waals surface area contributed by atoms with Crippen LogP contribution in [0.15, 0.2) is 122 Å². The summed E-state index contributed by atoms with van der Waals surface area (Å²) in [7, 11) is -7.57. The fourth-order valence-corrected chi connectivity index (χ4v) is 11.5. The lowest BCUT2D eigenvalue weighted by atomic mass is 10.0. The van der Waals surface area contributed by atoms with Gasteiger partial charge in [0.2, 0.25) is 0 Å². The lowest BCUT2D eigenvalue weighted by molar-refractivity contribution is 0.0703. The lowest BCUT2D eigenvalue weighted by Gasteiger charge is -2.30. The van der Waals surface area contributed by atoms with Crippen LogP contribution in [0.5, 0.6) is 0 Å². The maximum Gasteiger partial charge on any atom is 0.348 e. The first-order valence-corrected chi connectivity index (χ1v) is 21.5. The Morgan fingerprint density at radius 3 is 1.98 bits per heavy atom. The van der Waals surface area contributed by atoms with Crippen LogP contribution >= 0.6 is 38.6 Å². The number of benzene rings is 4. The summed E-state index contributed by atoms with van der Waals surface area (Å²) < 4.78 is 57.0. The second kappa shape index (κ2) is 15.0. The normalized spacial score (nSPS) is 12.4. The minimum Gasteiger partial charge on any atom is -0.477 e. The number of carbonyl (C=O) groups is 1. The van der Waals surface area contributed by atoms with Crippen molar-refractivity contribution in [2.45, 2.75) is 50.6 Å². The Morgan fingerprint density at radius 2 is 1.35 bits per heavy atom. The highest BCUT2D eigenvalue weighted by atomic mass is 79.9. The number of fused-ring (bicyclic) bond motifs is 3. The summed E-state index contributed by atoms with van der Waals surface area (Å²) in [6, 6.07) is 28.9. The fraction of sp³-hybridized carbons (Fsp3) is 0.154. The number of carboxylic acids is 1. The molecule has 0 aliphatic carbocycles. The molecule has 0 fully saturated rings. The van der Waals surface area contributed by atoms with Crippen LogP contribution in [0.1, 0.15) is 43.1 Å². The van der Waals surface area contributed by atoms with Gasteiger partial charge in [0.05, 0.1) is 39.1 Å². The number of aryl methyl sites for hydroxylation is 4. The number of sulfonamides is 2. The van der Waals surface area contributed by atoms with Crippen molar-refractivity contribution < 1.29 is 26.7 Å². The number of carboxylic acid groups (broad SMARTS) is 1. The number of halogens is 1. The van der Waals surface area contributed by atoms with Gasteiger partial charge < -0.3 is 5.11 Å². The molecule has 8 nitrogen and oxygen atoms in total. The van der Waals surface area contributed by atoms with Crippen LogP contribution in [0, 0.1) is 27.7 Å². The Hall–Kier alpha value is -4.27. The van der Waals surface area contributed by atoms with Crippen molar-refractivity contribution in [3.05, 3.63) is 151 Å². The molecule has 2 aromatic heterocycles. The zero-order valence-electron chi connectivity index (χ0n) is 28.7. The molecule has 268 valence electrons. The summed E-state index contributed by atoms with van der Waals surface area (Å²) in [5.74, 6) is -1.15. The van der Waals surface area contributed by atoms with Gasteiger partial charge in [0.15, 0.2) is 0 Å². The predicted molar refractivity (Wildman–Crippen MR) is 214 cm³/mol. The van der Waals surface area contributed by atoms with Crippen LogP contribution in [0.4, 0.5) is 11.4 Å². The number of hydrogen-bond donors (Lipinski definition) is 1. The van der Waals surface area contributed by atoms with E-state index in [0.717, 1.165) is 59.8 Å². The number of thiophene rings is 2. The molecular weight excluding hydrogens is 801 g/mol. The van der Waals surface area contributed by atoms with E-state index in [-0.39, 0.29) is 22.0 Å². The zero-order valence-corrected chi connectivity index (χ0v) is 33.6. The van der Waals surface area contributed by atoms with Crippen molar-refractivity contribution >= 4 is 76.0 Å². The lowest BCUT2D eigenvalue weighted by Crippen LogP contribution is -2.33. The Kier molecular flexibility index (Phi) is 10.8. The first-order valence-electron chi connectivity index (χ1n) is 16.1. The number of rotatable bonds is 8. The van der Waals surface area contributed by atoms with Crippen LogP contribution < -0.4 is 8.61 Å². The van der Waals surface area contributed by atoms with Crippen molar-refractivity contribution in [1.82, 2.24) is 0 Å². The quantitative estimate of drug-likeness (QED) is 0.163. The molecule has 0 bridgehead atoms. The molecule has 13 heteroatoms. The fourth-order valence-electron chi connectivity index (χ4n) is 5.90. The van der Waals surface area contributed by atoms with E-state index in [2.05, 4.69) is 22.0 Å². The van der Waals surface area contributed by atoms with Gasteiger partial charge in [-0.2, -0.15) is 0 Å². The molecule has 0 spiro atoms. The van der Waals surface area contributed by atoms with Crippen molar-refractivity contribution in [2.24, 2.45) is 0 Å². The van der Waals surface area contributed by atoms with Crippen molar-refractivity contribution in [2.75, 3.05) is 8.61 Å². The highest BCUT2D eigenvalue weighted by Crippen LogP contribution is 2.47. The Balaban J connectivity index is 0.000000180. The van der Waals surface area contributed by atoms with Crippen molar-refractivity contribution in [3.63, 3.8) is 0 Å². The smallest absolute Gasteiger partial charge is 0.348 e. The van der Waals surface area contributed by atoms with Gasteiger partial charge in [0, 0.05) is 4.47 Å². The Morgan fingerprint density at radius 1 is 0.769 bits per heavy atom. The second-order valence-corrected chi connectivity index (χ2v) is 18.7. The predicted octanol–water partition coefficient (Wildman–Crippen LogP) is 9.96. The summed E-state index contributed by atoms with van der Waals surface area (Å²) in [6.45, 7) is 7.90. The maximum atomic E-state index is 13.5. The molecule has 1 aliphatic heterocycles. The minimum atomic E-state index is -3.98. The monoisotopic (exact) mass is 834 g/mol. The summed E-state index contributed by atoms with van der Waals surface area (Å²) >= 11 is 6.08. The maximum absolute atomic E-state index is 13.5. The third-order valence-electron chi connectivity index (χ3n) is 8.64. The largest absolute Gasteiger partial charge is 0.477 e. The van der Waals surface area contributed by atoms with E-state index in [1.54, 1.807) is 64.3 Å². The Labute approximate surface area is 320 Å². The summed E-state index contributed by atoms with van der Waals surface area (Å²) in [4.78, 5) is 13.2. The standard InChI is InChI=1S/C20H18BrNO4S2.C19H17NO2S2/c1-13-7-9-16(10-8-13)28(25,26)22(11-15-5-3-4-6-17(15)21)18-14(2)12-27-19(18)20(23)24;1-13-7-9-16(10-8-13)24(21,22)20-11-15-5-3-4-6-17(15)19-18(20)14(2)12-23-19/h3-10,12H,11H2,1-2H3,(H,23,24);3-10,12H,11H2,1-2H3. The first-order chi connectivity index (χ1) is 24.7. The Bertz CT molecular complexity index is 2490. The van der Waals surface area contributed by atoms with E-state index < -0.39 is 26.0 Å². The molecule has 3 heterocycles. The van der Waals surface area contributed by atoms with Crippen LogP contribution in [0.3, 0.4) is 0 Å². The zero-order chi connectivity index (χ0) is 37.4. The summed E-state index contributed by atoms with van der Waals surface area (Å²) in [5.41, 5.74) is 7.53. The van der Waals surface area contributed by atoms with Crippen molar-refractivity contribution in [3.8, 4) is 10.4 Å². The van der Waals surface area contributed by atoms with Gasteiger partial charge >= 0.3 is 5.97 Å². The SMILES string of the molecule is Cc1ccc(S(=O)(=O)N(Cc2ccccc2Br)c2c(C)csc2C(=O)O)cc1.Cc1ccc(S(=O)(=O)N2Cc3ccccc3-c3scc(C)c32)cc1. The van der Waals surface area contributed by atoms with Gasteiger partial charge in [0.1, 0.15) is 4.88 Å². The van der Waals surface area contributed by atoms with Gasteiger partial charge in [-0.3, -0.25) is 8.61 Å². The first kappa shape index (κ1) is 37.5. The highest BCUT2D eigenvalue weighted by Gasteiger charge is 2.34. The second-order valence-electron chi connectivity index (χ2n) is 12.4. The van der Waals surface area contributed by atoms with Gasteiger partial charge in [-0.25, -0.2) is 21.6 Å². The topological polar surface area (TPSA) is 112 Å². The van der Waals surface area contributed by atoms with Crippen molar-refractivity contribution in [1.29, 1.82) is 0 Å². The number of hydrogen-bond acceptors (Lipinski definition) is 7. The van der Waals surface area contributed by atoms with Gasteiger partial charge in [-0.05, 0) is 96.6 Å². The number of aromatic carboxylic acids is 1. The van der Waals surface area contributed by atoms with E-state index >= 15 is 0 Å². The molecule has 1 N–H and O–H groups in total. The van der Waals surface area contributed by atoms with Gasteiger partial charge in [-0.15, -0.1) is 22.7 Å². The van der Waals surface area contributed by atoms with Crippen LogP contribution in [-0.2, 0) is 33.1 Å². The molecule has 0 saturated carbocycles. The molecule has 0 amide bonds. The summed E-state index contributed by atoms with van der Waals surface area (Å²) in [5, 5.41) is 13.3. The van der Waals surface area contributed by atoms with E-state index in [0.29, 0.717) is 17.0 Å². The highest BCUT2D eigenvalue weighted by molar-refractivity contribution is 9.10. The molecule has 4 aromatic carbocycles. The average Bonchev–Trinajstić information content (AvgIpc) is 3.70. The van der Waals surface area contributed by atoms with Crippen LogP contribution in [0.2, 0.25) is 0 Å². The van der Waals surface area contributed by atoms with E-state index in [1.165, 1.54) is 4.31 Å². The minimum absolute atomic E-state index is 0.000222. The van der Waals surface area contributed by atoms with Gasteiger partial charge in [0.25, 0.3) is 20.0 Å². The molecule has 1 aliphatic rings.